The molecule has 5 aromatic carbocycles. The molecule has 0 aromatic heterocycles. The number of phenolic OH excluding ortho intramolecular Hbond substituents is 1. The first-order valence-electron chi connectivity index (χ1n) is 20.3. The highest BCUT2D eigenvalue weighted by Crippen LogP contribution is 2.66. The van der Waals surface area contributed by atoms with Gasteiger partial charge in [0.25, 0.3) is 0 Å². The number of esters is 1. The van der Waals surface area contributed by atoms with E-state index in [9.17, 15) is 20.1 Å². The third-order valence-electron chi connectivity index (χ3n) is 11.8. The van der Waals surface area contributed by atoms with Crippen LogP contribution in [-0.4, -0.2) is 83.6 Å². The van der Waals surface area contributed by atoms with Crippen molar-refractivity contribution in [2.24, 2.45) is 5.92 Å². The highest BCUT2D eigenvalue weighted by Gasteiger charge is 2.75. The number of nitrogens with zero attached hydrogens (tertiary/aromatic N) is 2. The molecule has 3 amide bonds. The highest BCUT2D eigenvalue weighted by atomic mass is 16.6. The number of nitrogens with one attached hydrogen (secondary N) is 1. The molecule has 13 nitrogen and oxygen atoms in total. The van der Waals surface area contributed by atoms with Gasteiger partial charge in [0.15, 0.2) is 0 Å². The molecule has 13 heteroatoms. The lowest BCUT2D eigenvalue weighted by Gasteiger charge is -2.46. The number of hydrogen-bond donors (Lipinski definition) is 4. The van der Waals surface area contributed by atoms with Gasteiger partial charge in [-0.25, -0.2) is 9.69 Å². The zero-order valence-electron chi connectivity index (χ0n) is 33.8. The van der Waals surface area contributed by atoms with E-state index in [1.165, 1.54) is 19.2 Å². The minimum absolute atomic E-state index is 0.0391. The van der Waals surface area contributed by atoms with Gasteiger partial charge in [0, 0.05) is 25.6 Å². The van der Waals surface area contributed by atoms with Crippen LogP contribution in [0.4, 0.5) is 10.5 Å². The fourth-order valence-corrected chi connectivity index (χ4v) is 9.22. The molecule has 3 heterocycles. The highest BCUT2D eigenvalue weighted by molar-refractivity contribution is 6.23. The second kappa shape index (κ2) is 18.0. The lowest BCUT2D eigenvalue weighted by atomic mass is 9.65. The van der Waals surface area contributed by atoms with Crippen molar-refractivity contribution in [3.8, 4) is 17.6 Å². The second-order valence-corrected chi connectivity index (χ2v) is 15.3. The SMILES string of the molecule is COCCOC(=O)N1C(=O)C2(c3cc(C#CCCO)ccc31)C(C(=O)NCC(O)c1ccccc1)C1C(=O)OC(c3ccccc3)C(c3ccccc3)N1C2c1ccc(O)cc1. The summed E-state index contributed by atoms with van der Waals surface area (Å²) in [6.45, 7) is -0.627. The molecule has 0 saturated carbocycles. The first kappa shape index (κ1) is 41.9. The van der Waals surface area contributed by atoms with Crippen molar-refractivity contribution in [1.82, 2.24) is 10.2 Å². The molecule has 7 unspecified atom stereocenters. The summed E-state index contributed by atoms with van der Waals surface area (Å²) in [5.74, 6) is 1.89. The molecule has 1 spiro atoms. The van der Waals surface area contributed by atoms with E-state index in [4.69, 9.17) is 14.2 Å². The Morgan fingerprint density at radius 3 is 2.16 bits per heavy atom. The van der Waals surface area contributed by atoms with Crippen LogP contribution in [0.5, 0.6) is 5.75 Å². The zero-order chi connectivity index (χ0) is 43.4. The Kier molecular flexibility index (Phi) is 12.2. The number of morpholine rings is 1. The summed E-state index contributed by atoms with van der Waals surface area (Å²) in [7, 11) is 1.44. The molecule has 5 aromatic rings. The number of cyclic esters (lactones) is 1. The topological polar surface area (TPSA) is 175 Å². The number of aromatic hydroxyl groups is 1. The van der Waals surface area contributed by atoms with Crippen molar-refractivity contribution in [3.63, 3.8) is 0 Å². The second-order valence-electron chi connectivity index (χ2n) is 15.3. The molecular weight excluding hydrogens is 791 g/mol. The third kappa shape index (κ3) is 7.47. The molecule has 0 aliphatic carbocycles. The normalized spacial score (nSPS) is 23.1. The Morgan fingerprint density at radius 1 is 0.839 bits per heavy atom. The van der Waals surface area contributed by atoms with E-state index < -0.39 is 65.5 Å². The number of methoxy groups -OCH3 is 1. The molecule has 7 atom stereocenters. The van der Waals surface area contributed by atoms with Crippen molar-refractivity contribution in [3.05, 3.63) is 167 Å². The van der Waals surface area contributed by atoms with Gasteiger partial charge in [-0.15, -0.1) is 0 Å². The monoisotopic (exact) mass is 835 g/mol. The van der Waals surface area contributed by atoms with Crippen molar-refractivity contribution >= 4 is 29.6 Å². The smallest absolute Gasteiger partial charge is 0.421 e. The molecule has 8 rings (SSSR count). The van der Waals surface area contributed by atoms with Crippen LogP contribution < -0.4 is 10.2 Å². The summed E-state index contributed by atoms with van der Waals surface area (Å²) < 4.78 is 17.2. The van der Waals surface area contributed by atoms with Crippen molar-refractivity contribution < 1.29 is 48.7 Å². The zero-order valence-corrected chi connectivity index (χ0v) is 33.8. The maximum Gasteiger partial charge on any atom is 0.421 e. The molecule has 62 heavy (non-hydrogen) atoms. The molecule has 2 saturated heterocycles. The van der Waals surface area contributed by atoms with Gasteiger partial charge in [-0.1, -0.05) is 115 Å². The van der Waals surface area contributed by atoms with Gasteiger partial charge in [-0.05, 0) is 58.1 Å². The number of imide groups is 1. The number of rotatable bonds is 11. The number of phenols is 1. The van der Waals surface area contributed by atoms with Crippen LogP contribution in [0.3, 0.4) is 0 Å². The number of carbonyl (C=O) groups is 4. The largest absolute Gasteiger partial charge is 0.508 e. The Bertz CT molecular complexity index is 2490. The first-order valence-corrected chi connectivity index (χ1v) is 20.3. The Balaban J connectivity index is 1.42. The van der Waals surface area contributed by atoms with Gasteiger partial charge in [0.1, 0.15) is 29.9 Å². The van der Waals surface area contributed by atoms with Gasteiger partial charge < -0.3 is 34.8 Å². The number of hydrogen-bond acceptors (Lipinski definition) is 11. The maximum atomic E-state index is 16.1. The number of anilines is 1. The minimum Gasteiger partial charge on any atom is -0.508 e. The van der Waals surface area contributed by atoms with Crippen molar-refractivity contribution in [1.29, 1.82) is 0 Å². The van der Waals surface area contributed by atoms with Crippen LogP contribution >= 0.6 is 0 Å². The first-order chi connectivity index (χ1) is 30.2. The summed E-state index contributed by atoms with van der Waals surface area (Å²) in [6.07, 6.45) is -2.97. The number of aliphatic hydroxyl groups is 2. The van der Waals surface area contributed by atoms with Gasteiger partial charge in [0.05, 0.1) is 43.0 Å². The van der Waals surface area contributed by atoms with Crippen LogP contribution in [0, 0.1) is 17.8 Å². The van der Waals surface area contributed by atoms with E-state index >= 15 is 14.4 Å². The van der Waals surface area contributed by atoms with Crippen LogP contribution in [-0.2, 0) is 34.0 Å². The third-order valence-corrected chi connectivity index (χ3v) is 11.8. The Hall–Kier alpha value is -6.82. The maximum absolute atomic E-state index is 16.1. The molecule has 2 fully saturated rings. The van der Waals surface area contributed by atoms with E-state index in [1.54, 1.807) is 60.7 Å². The molecule has 0 bridgehead atoms. The fraction of sp³-hybridized carbons (Fsp3) is 0.265. The average Bonchev–Trinajstić information content (AvgIpc) is 3.75. The summed E-state index contributed by atoms with van der Waals surface area (Å²) in [4.78, 5) is 63.7. The van der Waals surface area contributed by atoms with Crippen molar-refractivity contribution in [2.75, 3.05) is 38.4 Å². The minimum atomic E-state index is -2.09. The summed E-state index contributed by atoms with van der Waals surface area (Å²) in [5.41, 5.74) is 0.997. The quantitative estimate of drug-likeness (QED) is 0.0760. The van der Waals surface area contributed by atoms with E-state index in [0.717, 1.165) is 4.90 Å². The lowest BCUT2D eigenvalue weighted by molar-refractivity contribution is -0.178. The van der Waals surface area contributed by atoms with Crippen LogP contribution in [0.15, 0.2) is 133 Å². The molecule has 4 N–H and O–H groups in total. The van der Waals surface area contributed by atoms with E-state index in [-0.39, 0.29) is 49.8 Å². The van der Waals surface area contributed by atoms with E-state index in [0.29, 0.717) is 27.8 Å². The van der Waals surface area contributed by atoms with Gasteiger partial charge in [0.2, 0.25) is 11.8 Å². The summed E-state index contributed by atoms with van der Waals surface area (Å²) >= 11 is 0. The standard InChI is InChI=1S/C49H45N3O10/c1-60-27-28-61-48(59)51-38-25-20-31(13-11-12-26-53)29-37(38)49(47(51)58)40(45(56)50-30-39(55)32-14-5-2-6-15-32)42-46(57)62-43(34-18-9-4-10-19-34)41(33-16-7-3-8-17-33)52(42)44(49)35-21-23-36(54)24-22-35/h2-10,14-25,29,39-44,53-55H,12,26-28,30H2,1H3,(H,50,56). The molecule has 3 aliphatic rings. The van der Waals surface area contributed by atoms with Crippen LogP contribution in [0.25, 0.3) is 0 Å². The number of benzene rings is 5. The molecule has 316 valence electrons. The van der Waals surface area contributed by atoms with Crippen LogP contribution in [0.2, 0.25) is 0 Å². The number of aliphatic hydroxyl groups excluding tert-OH is 2. The predicted octanol–water partition coefficient (Wildman–Crippen LogP) is 5.42. The average molecular weight is 836 g/mol. The Labute approximate surface area is 358 Å². The van der Waals surface area contributed by atoms with Gasteiger partial charge >= 0.3 is 12.1 Å². The van der Waals surface area contributed by atoms with E-state index in [1.807, 2.05) is 65.6 Å². The number of carbonyl (C=O) groups excluding carboxylic acids is 4. The fourth-order valence-electron chi connectivity index (χ4n) is 9.22. The number of ether oxygens (including phenoxy) is 3. The lowest BCUT2D eigenvalue weighted by Crippen LogP contribution is -2.56. The Morgan fingerprint density at radius 2 is 1.50 bits per heavy atom. The van der Waals surface area contributed by atoms with Gasteiger partial charge in [-0.3, -0.25) is 19.3 Å². The molecule has 0 radical (unpaired) electrons. The molecule has 3 aliphatic heterocycles. The van der Waals surface area contributed by atoms with E-state index in [2.05, 4.69) is 17.2 Å². The van der Waals surface area contributed by atoms with Crippen LogP contribution in [0.1, 0.15) is 64.1 Å². The number of amides is 3. The van der Waals surface area contributed by atoms with Gasteiger partial charge in [-0.2, -0.15) is 0 Å². The van der Waals surface area contributed by atoms with Crippen molar-refractivity contribution in [2.45, 2.75) is 42.2 Å². The predicted molar refractivity (Wildman–Crippen MR) is 226 cm³/mol. The number of fused-ring (bicyclic) bond motifs is 3. The summed E-state index contributed by atoms with van der Waals surface area (Å²) in [6, 6.07) is 34.8. The molecular formula is C49H45N3O10. The summed E-state index contributed by atoms with van der Waals surface area (Å²) in [5, 5.41) is 34.4.